The molecule has 1 aliphatic rings. The van der Waals surface area contributed by atoms with Gasteiger partial charge in [0.1, 0.15) is 6.61 Å². The lowest BCUT2D eigenvalue weighted by atomic mass is 10.4. The zero-order valence-electron chi connectivity index (χ0n) is 6.58. The van der Waals surface area contributed by atoms with Crippen molar-refractivity contribution in [1.82, 2.24) is 0 Å². The molecule has 0 aromatic rings. The molecule has 0 radical (unpaired) electrons. The fraction of sp³-hybridized carbons (Fsp3) is 0.571. The van der Waals surface area contributed by atoms with Gasteiger partial charge in [0, 0.05) is 11.3 Å². The summed E-state index contributed by atoms with van der Waals surface area (Å²) in [5, 5.41) is 0. The topological polar surface area (TPSA) is 35.5 Å². The maximum Gasteiger partial charge on any atom is 0.509 e. The summed E-state index contributed by atoms with van der Waals surface area (Å²) >= 11 is 6.95. The Morgan fingerprint density at radius 3 is 3.17 bits per heavy atom. The molecule has 3 nitrogen and oxygen atoms in total. The van der Waals surface area contributed by atoms with Crippen LogP contribution in [0.5, 0.6) is 0 Å². The van der Waals surface area contributed by atoms with Crippen molar-refractivity contribution in [2.45, 2.75) is 12.4 Å². The maximum atomic E-state index is 10.5. The molecule has 0 amide bonds. The second kappa shape index (κ2) is 4.62. The van der Waals surface area contributed by atoms with Crippen LogP contribution in [0.1, 0.15) is 6.92 Å². The molecule has 12 heavy (non-hydrogen) atoms. The van der Waals surface area contributed by atoms with Gasteiger partial charge in [0.15, 0.2) is 5.44 Å². The van der Waals surface area contributed by atoms with E-state index in [4.69, 9.17) is 16.3 Å². The quantitative estimate of drug-likeness (QED) is 0.667. The summed E-state index contributed by atoms with van der Waals surface area (Å²) in [6.07, 6.45) is -0.583. The molecule has 0 saturated carbocycles. The zero-order chi connectivity index (χ0) is 8.97. The predicted molar refractivity (Wildman–Crippen MR) is 48.3 cm³/mol. The molecule has 0 aromatic carbocycles. The van der Waals surface area contributed by atoms with Crippen LogP contribution >= 0.6 is 23.4 Å². The molecule has 0 bridgehead atoms. The van der Waals surface area contributed by atoms with E-state index in [-0.39, 0.29) is 5.44 Å². The van der Waals surface area contributed by atoms with Gasteiger partial charge in [0.2, 0.25) is 0 Å². The zero-order valence-corrected chi connectivity index (χ0v) is 8.15. The Bertz CT molecular complexity index is 205. The van der Waals surface area contributed by atoms with Crippen molar-refractivity contribution in [3.63, 3.8) is 0 Å². The summed E-state index contributed by atoms with van der Waals surface area (Å²) in [6.45, 7) is 2.25. The Hall–Kier alpha value is -0.350. The average Bonchev–Trinajstić information content (AvgIpc) is 2.47. The van der Waals surface area contributed by atoms with E-state index < -0.39 is 6.16 Å². The number of cyclic esters (lactones) is 2. The van der Waals surface area contributed by atoms with Crippen molar-refractivity contribution < 1.29 is 14.3 Å². The lowest BCUT2D eigenvalue weighted by Gasteiger charge is -2.04. The molecular weight excluding hydrogens is 200 g/mol. The predicted octanol–water partition coefficient (Wildman–Crippen LogP) is 2.36. The first kappa shape index (κ1) is 9.74. The normalized spacial score (nSPS) is 23.7. The van der Waals surface area contributed by atoms with Gasteiger partial charge in [-0.3, -0.25) is 0 Å². The van der Waals surface area contributed by atoms with Gasteiger partial charge in [0.25, 0.3) is 0 Å². The van der Waals surface area contributed by atoms with Crippen LogP contribution in [-0.2, 0) is 9.47 Å². The molecule has 1 fully saturated rings. The standard InChI is InChI=1S/C7H9ClO3S/c1-5(2-8)4-12-6-3-10-7(9)11-6/h2,6H,3-4H2,1H3/b5-2+. The van der Waals surface area contributed by atoms with Crippen LogP contribution < -0.4 is 0 Å². The number of hydrogen-bond donors (Lipinski definition) is 0. The minimum Gasteiger partial charge on any atom is -0.429 e. The summed E-state index contributed by atoms with van der Waals surface area (Å²) in [7, 11) is 0. The Morgan fingerprint density at radius 2 is 2.67 bits per heavy atom. The van der Waals surface area contributed by atoms with E-state index in [1.54, 1.807) is 0 Å². The van der Waals surface area contributed by atoms with Crippen LogP contribution in [0, 0.1) is 0 Å². The third-order valence-electron chi connectivity index (χ3n) is 1.25. The van der Waals surface area contributed by atoms with Gasteiger partial charge < -0.3 is 9.47 Å². The van der Waals surface area contributed by atoms with E-state index in [0.717, 1.165) is 11.3 Å². The first-order valence-corrected chi connectivity index (χ1v) is 4.92. The third kappa shape index (κ3) is 2.95. The highest BCUT2D eigenvalue weighted by molar-refractivity contribution is 8.00. The van der Waals surface area contributed by atoms with E-state index in [9.17, 15) is 4.79 Å². The molecule has 5 heteroatoms. The largest absolute Gasteiger partial charge is 0.509 e. The summed E-state index contributed by atoms with van der Waals surface area (Å²) in [6, 6.07) is 0. The number of rotatable bonds is 3. The molecule has 1 rings (SSSR count). The average molecular weight is 209 g/mol. The highest BCUT2D eigenvalue weighted by Gasteiger charge is 2.24. The molecule has 1 aliphatic heterocycles. The van der Waals surface area contributed by atoms with Crippen LogP contribution in [0.3, 0.4) is 0 Å². The SMILES string of the molecule is C/C(=C\Cl)CSC1COC(=O)O1. The van der Waals surface area contributed by atoms with E-state index in [1.165, 1.54) is 17.3 Å². The first-order valence-electron chi connectivity index (χ1n) is 3.43. The van der Waals surface area contributed by atoms with Crippen LogP contribution in [-0.4, -0.2) is 24.0 Å². The van der Waals surface area contributed by atoms with Crippen molar-refractivity contribution in [3.8, 4) is 0 Å². The van der Waals surface area contributed by atoms with Crippen molar-refractivity contribution >= 4 is 29.5 Å². The Labute approximate surface area is 80.0 Å². The second-order valence-electron chi connectivity index (χ2n) is 2.37. The van der Waals surface area contributed by atoms with Gasteiger partial charge in [-0.2, -0.15) is 0 Å². The minimum atomic E-state index is -0.583. The van der Waals surface area contributed by atoms with Crippen molar-refractivity contribution in [1.29, 1.82) is 0 Å². The second-order valence-corrected chi connectivity index (χ2v) is 3.74. The summed E-state index contributed by atoms with van der Waals surface area (Å²) in [4.78, 5) is 10.5. The maximum absolute atomic E-state index is 10.5. The molecule has 0 N–H and O–H groups in total. The molecule has 0 spiro atoms. The number of carbonyl (C=O) groups is 1. The minimum absolute atomic E-state index is 0.177. The van der Waals surface area contributed by atoms with Gasteiger partial charge in [-0.25, -0.2) is 4.79 Å². The summed E-state index contributed by atoms with van der Waals surface area (Å²) < 4.78 is 9.38. The number of hydrogen-bond acceptors (Lipinski definition) is 4. The summed E-state index contributed by atoms with van der Waals surface area (Å²) in [5.41, 5.74) is 2.39. The molecule has 1 saturated heterocycles. The van der Waals surface area contributed by atoms with E-state index in [0.29, 0.717) is 6.61 Å². The molecular formula is C7H9ClO3S. The fourth-order valence-corrected chi connectivity index (χ4v) is 1.66. The fourth-order valence-electron chi connectivity index (χ4n) is 0.649. The Kier molecular flexibility index (Phi) is 3.75. The van der Waals surface area contributed by atoms with Crippen LogP contribution in [0.4, 0.5) is 4.79 Å². The number of thioether (sulfide) groups is 1. The van der Waals surface area contributed by atoms with Crippen LogP contribution in [0.15, 0.2) is 11.1 Å². The highest BCUT2D eigenvalue weighted by Crippen LogP contribution is 2.21. The van der Waals surface area contributed by atoms with E-state index in [1.807, 2.05) is 6.92 Å². The smallest absolute Gasteiger partial charge is 0.429 e. The highest BCUT2D eigenvalue weighted by atomic mass is 35.5. The van der Waals surface area contributed by atoms with Gasteiger partial charge in [0.05, 0.1) is 0 Å². The number of halogens is 1. The molecule has 1 unspecified atom stereocenters. The number of ether oxygens (including phenoxy) is 2. The molecule has 1 heterocycles. The van der Waals surface area contributed by atoms with Crippen LogP contribution in [0.2, 0.25) is 0 Å². The van der Waals surface area contributed by atoms with Gasteiger partial charge in [-0.1, -0.05) is 17.2 Å². The molecule has 0 aliphatic carbocycles. The monoisotopic (exact) mass is 208 g/mol. The van der Waals surface area contributed by atoms with E-state index >= 15 is 0 Å². The van der Waals surface area contributed by atoms with Crippen molar-refractivity contribution in [2.75, 3.05) is 12.4 Å². The van der Waals surface area contributed by atoms with Gasteiger partial charge in [-0.15, -0.1) is 11.8 Å². The molecule has 68 valence electrons. The Balaban J connectivity index is 2.20. The lowest BCUT2D eigenvalue weighted by Crippen LogP contribution is -2.05. The van der Waals surface area contributed by atoms with Crippen molar-refractivity contribution in [2.24, 2.45) is 0 Å². The van der Waals surface area contributed by atoms with Gasteiger partial charge >= 0.3 is 6.16 Å². The number of carbonyl (C=O) groups excluding carboxylic acids is 1. The van der Waals surface area contributed by atoms with Crippen LogP contribution in [0.25, 0.3) is 0 Å². The Morgan fingerprint density at radius 1 is 1.92 bits per heavy atom. The molecule has 1 atom stereocenters. The summed E-state index contributed by atoms with van der Waals surface area (Å²) in [5.74, 6) is 0.755. The van der Waals surface area contributed by atoms with E-state index in [2.05, 4.69) is 4.74 Å². The first-order chi connectivity index (χ1) is 5.72. The molecule has 0 aromatic heterocycles. The van der Waals surface area contributed by atoms with Crippen molar-refractivity contribution in [3.05, 3.63) is 11.1 Å². The van der Waals surface area contributed by atoms with Gasteiger partial charge in [-0.05, 0) is 6.92 Å². The third-order valence-corrected chi connectivity index (χ3v) is 2.85. The lowest BCUT2D eigenvalue weighted by molar-refractivity contribution is 0.129.